The van der Waals surface area contributed by atoms with E-state index in [2.05, 4.69) is 10.3 Å². The second kappa shape index (κ2) is 7.79. The molecule has 1 aliphatic rings. The second-order valence-corrected chi connectivity index (χ2v) is 6.38. The number of benzene rings is 1. The lowest BCUT2D eigenvalue weighted by atomic mass is 10.0. The van der Waals surface area contributed by atoms with Crippen LogP contribution in [0.15, 0.2) is 30.3 Å². The van der Waals surface area contributed by atoms with E-state index in [0.717, 1.165) is 5.56 Å². The molecule has 2 heterocycles. The molecule has 1 aromatic heterocycles. The molecule has 7 nitrogen and oxygen atoms in total. The highest BCUT2D eigenvalue weighted by atomic mass is 35.5. The number of hydrogen-bond acceptors (Lipinski definition) is 4. The average molecular weight is 394 g/mol. The monoisotopic (exact) mass is 393 g/mol. The van der Waals surface area contributed by atoms with Crippen molar-refractivity contribution in [3.8, 4) is 5.88 Å². The number of halogens is 2. The first-order valence-electron chi connectivity index (χ1n) is 8.18. The SMILES string of the molecule is CC1COc2nc(NC(=O)O)c(Cc3ccc(F)cc3)cc2N1C(=O)CCl. The highest BCUT2D eigenvalue weighted by molar-refractivity contribution is 6.29. The number of nitrogens with zero attached hydrogens (tertiary/aromatic N) is 2. The van der Waals surface area contributed by atoms with Gasteiger partial charge in [0.25, 0.3) is 0 Å². The van der Waals surface area contributed by atoms with Crippen molar-refractivity contribution < 1.29 is 23.8 Å². The Morgan fingerprint density at radius 3 is 2.74 bits per heavy atom. The number of amides is 2. The first-order valence-corrected chi connectivity index (χ1v) is 8.71. The van der Waals surface area contributed by atoms with Crippen molar-refractivity contribution in [1.82, 2.24) is 4.98 Å². The van der Waals surface area contributed by atoms with Crippen LogP contribution in [0.5, 0.6) is 5.88 Å². The number of anilines is 2. The molecular weight excluding hydrogens is 377 g/mol. The maximum Gasteiger partial charge on any atom is 0.410 e. The van der Waals surface area contributed by atoms with E-state index in [1.807, 2.05) is 6.92 Å². The Morgan fingerprint density at radius 2 is 2.11 bits per heavy atom. The van der Waals surface area contributed by atoms with Gasteiger partial charge in [0.15, 0.2) is 0 Å². The number of carbonyl (C=O) groups is 2. The number of nitrogens with one attached hydrogen (secondary N) is 1. The molecule has 0 saturated carbocycles. The van der Waals surface area contributed by atoms with Gasteiger partial charge in [-0.05, 0) is 30.7 Å². The van der Waals surface area contributed by atoms with Crippen LogP contribution >= 0.6 is 11.6 Å². The number of fused-ring (bicyclic) bond motifs is 1. The molecule has 1 unspecified atom stereocenters. The molecule has 0 radical (unpaired) electrons. The van der Waals surface area contributed by atoms with E-state index in [4.69, 9.17) is 21.4 Å². The van der Waals surface area contributed by atoms with E-state index in [1.54, 1.807) is 18.2 Å². The maximum atomic E-state index is 13.1. The molecule has 1 aliphatic heterocycles. The minimum absolute atomic E-state index is 0.0957. The molecule has 3 rings (SSSR count). The standard InChI is InChI=1S/C18H17ClFN3O4/c1-10-9-27-17-14(23(10)15(24)8-19)7-12(16(21-17)22-18(25)26)6-11-2-4-13(20)5-3-11/h2-5,7,10H,6,8-9H2,1H3,(H,21,22)(H,25,26). The minimum atomic E-state index is -1.28. The molecule has 1 atom stereocenters. The lowest BCUT2D eigenvalue weighted by molar-refractivity contribution is -0.117. The largest absolute Gasteiger partial charge is 0.474 e. The van der Waals surface area contributed by atoms with Crippen LogP contribution in [0.1, 0.15) is 18.1 Å². The Hall–Kier alpha value is -2.87. The summed E-state index contributed by atoms with van der Waals surface area (Å²) < 4.78 is 18.7. The van der Waals surface area contributed by atoms with Crippen LogP contribution in [0.2, 0.25) is 0 Å². The number of pyridine rings is 1. The van der Waals surface area contributed by atoms with Crippen molar-refractivity contribution in [2.45, 2.75) is 19.4 Å². The molecule has 0 fully saturated rings. The fourth-order valence-corrected chi connectivity index (χ4v) is 3.06. The molecule has 0 saturated heterocycles. The smallest absolute Gasteiger partial charge is 0.410 e. The number of ether oxygens (including phenoxy) is 1. The van der Waals surface area contributed by atoms with Gasteiger partial charge in [0.2, 0.25) is 11.8 Å². The normalized spacial score (nSPS) is 15.7. The first-order chi connectivity index (χ1) is 12.9. The third-order valence-electron chi connectivity index (χ3n) is 4.13. The van der Waals surface area contributed by atoms with Crippen molar-refractivity contribution in [1.29, 1.82) is 0 Å². The van der Waals surface area contributed by atoms with Gasteiger partial charge in [0.1, 0.15) is 29.8 Å². The number of carbonyl (C=O) groups excluding carboxylic acids is 1. The molecule has 0 aliphatic carbocycles. The average Bonchev–Trinajstić information content (AvgIpc) is 2.63. The van der Waals surface area contributed by atoms with Crippen LogP contribution in [0.4, 0.5) is 20.7 Å². The maximum absolute atomic E-state index is 13.1. The van der Waals surface area contributed by atoms with Crippen molar-refractivity contribution >= 4 is 35.1 Å². The zero-order valence-corrected chi connectivity index (χ0v) is 15.2. The van der Waals surface area contributed by atoms with E-state index < -0.39 is 6.09 Å². The molecule has 142 valence electrons. The van der Waals surface area contributed by atoms with Gasteiger partial charge >= 0.3 is 6.09 Å². The number of hydrogen-bond donors (Lipinski definition) is 2. The van der Waals surface area contributed by atoms with Crippen molar-refractivity contribution in [2.24, 2.45) is 0 Å². The van der Waals surface area contributed by atoms with E-state index in [1.165, 1.54) is 17.0 Å². The van der Waals surface area contributed by atoms with Gasteiger partial charge in [-0.3, -0.25) is 10.1 Å². The van der Waals surface area contributed by atoms with Crippen LogP contribution in [-0.4, -0.2) is 40.6 Å². The lowest BCUT2D eigenvalue weighted by Crippen LogP contribution is -2.46. The number of rotatable bonds is 4. The fourth-order valence-electron chi connectivity index (χ4n) is 2.93. The summed E-state index contributed by atoms with van der Waals surface area (Å²) in [4.78, 5) is 29.1. The van der Waals surface area contributed by atoms with Crippen molar-refractivity contribution in [2.75, 3.05) is 22.7 Å². The van der Waals surface area contributed by atoms with Gasteiger partial charge in [-0.25, -0.2) is 9.18 Å². The van der Waals surface area contributed by atoms with Gasteiger partial charge < -0.3 is 14.7 Å². The molecule has 2 aromatic rings. The minimum Gasteiger partial charge on any atom is -0.474 e. The lowest BCUT2D eigenvalue weighted by Gasteiger charge is -2.34. The summed E-state index contributed by atoms with van der Waals surface area (Å²) in [5, 5.41) is 11.3. The molecular formula is C18H17ClFN3O4. The summed E-state index contributed by atoms with van der Waals surface area (Å²) in [5.74, 6) is -0.627. The topological polar surface area (TPSA) is 91.8 Å². The second-order valence-electron chi connectivity index (χ2n) is 6.11. The summed E-state index contributed by atoms with van der Waals surface area (Å²) in [7, 11) is 0. The summed E-state index contributed by atoms with van der Waals surface area (Å²) in [6, 6.07) is 7.24. The Kier molecular flexibility index (Phi) is 5.46. The van der Waals surface area contributed by atoms with Crippen molar-refractivity contribution in [3.05, 3.63) is 47.3 Å². The molecule has 9 heteroatoms. The Morgan fingerprint density at radius 1 is 1.41 bits per heavy atom. The highest BCUT2D eigenvalue weighted by Crippen LogP contribution is 2.36. The van der Waals surface area contributed by atoms with Gasteiger partial charge in [0, 0.05) is 12.0 Å². The van der Waals surface area contributed by atoms with Crippen LogP contribution < -0.4 is 15.0 Å². The quantitative estimate of drug-likeness (QED) is 0.778. The number of alkyl halides is 1. The van der Waals surface area contributed by atoms with Crippen molar-refractivity contribution in [3.63, 3.8) is 0 Å². The third kappa shape index (κ3) is 4.11. The van der Waals surface area contributed by atoms with Gasteiger partial charge in [-0.2, -0.15) is 4.98 Å². The van der Waals surface area contributed by atoms with E-state index in [-0.39, 0.29) is 48.4 Å². The van der Waals surface area contributed by atoms with Gasteiger partial charge in [0.05, 0.1) is 6.04 Å². The van der Waals surface area contributed by atoms with Crippen LogP contribution in [0.3, 0.4) is 0 Å². The third-order valence-corrected chi connectivity index (χ3v) is 4.35. The molecule has 2 amide bonds. The predicted octanol–water partition coefficient (Wildman–Crippen LogP) is 3.25. The molecule has 0 spiro atoms. The molecule has 27 heavy (non-hydrogen) atoms. The Balaban J connectivity index is 2.06. The summed E-state index contributed by atoms with van der Waals surface area (Å²) in [6.07, 6.45) is -0.992. The molecule has 0 bridgehead atoms. The van der Waals surface area contributed by atoms with Crippen LogP contribution in [0, 0.1) is 5.82 Å². The van der Waals surface area contributed by atoms with E-state index in [9.17, 15) is 14.0 Å². The molecule has 1 aromatic carbocycles. The zero-order chi connectivity index (χ0) is 19.6. The number of carboxylic acid groups (broad SMARTS) is 1. The predicted molar refractivity (Wildman–Crippen MR) is 98.3 cm³/mol. The Bertz CT molecular complexity index is 876. The van der Waals surface area contributed by atoms with E-state index >= 15 is 0 Å². The highest BCUT2D eigenvalue weighted by Gasteiger charge is 2.31. The Labute approximate surface area is 159 Å². The zero-order valence-electron chi connectivity index (χ0n) is 14.4. The van der Waals surface area contributed by atoms with E-state index in [0.29, 0.717) is 11.3 Å². The van der Waals surface area contributed by atoms with Crippen LogP contribution in [0.25, 0.3) is 0 Å². The van der Waals surface area contributed by atoms with Gasteiger partial charge in [-0.15, -0.1) is 11.6 Å². The fraction of sp³-hybridized carbons (Fsp3) is 0.278. The first kappa shape index (κ1) is 18.9. The van der Waals surface area contributed by atoms with Crippen LogP contribution in [-0.2, 0) is 11.2 Å². The summed E-state index contributed by atoms with van der Waals surface area (Å²) in [6.45, 7) is 2.03. The molecule has 2 N–H and O–H groups in total. The number of aromatic nitrogens is 1. The summed E-state index contributed by atoms with van der Waals surface area (Å²) in [5.41, 5.74) is 1.70. The van der Waals surface area contributed by atoms with Gasteiger partial charge in [-0.1, -0.05) is 12.1 Å². The summed E-state index contributed by atoms with van der Waals surface area (Å²) >= 11 is 5.72.